The molecular weight excluding hydrogens is 610 g/mol. The predicted molar refractivity (Wildman–Crippen MR) is 157 cm³/mol. The van der Waals surface area contributed by atoms with Gasteiger partial charge in [-0.15, -0.1) is 0 Å². The second kappa shape index (κ2) is 13.4. The molecule has 2 N–H and O–H groups in total. The number of nitrogens with zero attached hydrogens (tertiary/aromatic N) is 3. The number of urea groups is 2. The zero-order valence-corrected chi connectivity index (χ0v) is 25.3. The minimum absolute atomic E-state index is 0.126. The lowest BCUT2D eigenvalue weighted by atomic mass is 9.94. The molecule has 2 atom stereocenters. The molecule has 232 valence electrons. The Morgan fingerprint density at radius 1 is 1.09 bits per heavy atom. The number of hydrogen-bond acceptors (Lipinski definition) is 5. The maximum Gasteiger partial charge on any atom is 0.416 e. The van der Waals surface area contributed by atoms with Crippen molar-refractivity contribution in [2.45, 2.75) is 39.0 Å². The Morgan fingerprint density at radius 3 is 2.37 bits per heavy atom. The van der Waals surface area contributed by atoms with Gasteiger partial charge in [-0.3, -0.25) is 9.80 Å². The van der Waals surface area contributed by atoms with Gasteiger partial charge in [0.05, 0.1) is 23.8 Å². The second-order valence-electron chi connectivity index (χ2n) is 10.2. The van der Waals surface area contributed by atoms with Crippen molar-refractivity contribution in [1.29, 1.82) is 0 Å². The van der Waals surface area contributed by atoms with Crippen LogP contribution in [-0.2, 0) is 15.7 Å². The summed E-state index contributed by atoms with van der Waals surface area (Å²) >= 11 is 12.6. The first-order chi connectivity index (χ1) is 20.3. The van der Waals surface area contributed by atoms with E-state index in [2.05, 4.69) is 10.6 Å². The molecular formula is C29H32Cl2F3N5O4. The van der Waals surface area contributed by atoms with Crippen molar-refractivity contribution in [3.8, 4) is 0 Å². The van der Waals surface area contributed by atoms with E-state index in [1.54, 1.807) is 30.9 Å². The van der Waals surface area contributed by atoms with Gasteiger partial charge in [0.2, 0.25) is 0 Å². The van der Waals surface area contributed by atoms with Gasteiger partial charge >= 0.3 is 24.2 Å². The number of ether oxygens (including phenoxy) is 1. The van der Waals surface area contributed by atoms with Gasteiger partial charge in [-0.25, -0.2) is 14.4 Å². The zero-order valence-electron chi connectivity index (χ0n) is 23.8. The molecule has 0 saturated carbocycles. The molecule has 0 spiro atoms. The molecule has 1 saturated heterocycles. The highest BCUT2D eigenvalue weighted by atomic mass is 35.5. The third-order valence-corrected chi connectivity index (χ3v) is 7.90. The van der Waals surface area contributed by atoms with Gasteiger partial charge in [-0.05, 0) is 62.7 Å². The van der Waals surface area contributed by atoms with Gasteiger partial charge in [0.15, 0.2) is 0 Å². The summed E-state index contributed by atoms with van der Waals surface area (Å²) in [6.07, 6.45) is -4.47. The summed E-state index contributed by atoms with van der Waals surface area (Å²) in [7, 11) is 0. The standard InChI is InChI=1S/C29H32Cl2F3N5O4/c1-4-38-23(24(26(40)43-5-2)25(36-28(38)42)21-11-8-19(30)14-22(21)31)16-37-12-13-39(17(3)15-37)27(41)35-20-9-6-18(7-10-20)29(32,33)34/h6-11,14,17,25H,4-5,12-13,15-16H2,1-3H3,(H,35,41)(H,36,42)/t17-,25+/m0/s1. The fraction of sp³-hybridized carbons (Fsp3) is 0.414. The number of nitrogens with one attached hydrogen (secondary N) is 2. The fourth-order valence-corrected chi connectivity index (χ4v) is 5.77. The molecule has 9 nitrogen and oxygen atoms in total. The van der Waals surface area contributed by atoms with Crippen molar-refractivity contribution in [2.75, 3.05) is 44.6 Å². The minimum atomic E-state index is -4.47. The van der Waals surface area contributed by atoms with Crippen LogP contribution in [0.5, 0.6) is 0 Å². The summed E-state index contributed by atoms with van der Waals surface area (Å²) in [4.78, 5) is 44.7. The number of benzene rings is 2. The number of rotatable bonds is 7. The highest BCUT2D eigenvalue weighted by Crippen LogP contribution is 2.36. The first-order valence-electron chi connectivity index (χ1n) is 13.7. The van der Waals surface area contributed by atoms with Crippen LogP contribution in [0.3, 0.4) is 0 Å². The molecule has 14 heteroatoms. The number of alkyl halides is 3. The lowest BCUT2D eigenvalue weighted by molar-refractivity contribution is -0.139. The number of likely N-dealkylation sites (N-methyl/N-ethyl adjacent to an activating group) is 1. The highest BCUT2D eigenvalue weighted by Gasteiger charge is 2.40. The van der Waals surface area contributed by atoms with Crippen molar-refractivity contribution in [3.05, 3.63) is 74.9 Å². The lowest BCUT2D eigenvalue weighted by Gasteiger charge is -2.42. The number of carbonyl (C=O) groups excluding carboxylic acids is 3. The molecule has 4 rings (SSSR count). The van der Waals surface area contributed by atoms with Crippen LogP contribution in [0.25, 0.3) is 0 Å². The molecule has 2 aromatic carbocycles. The topological polar surface area (TPSA) is 94.2 Å². The molecule has 0 bridgehead atoms. The average Bonchev–Trinajstić information content (AvgIpc) is 2.93. The van der Waals surface area contributed by atoms with Crippen molar-refractivity contribution in [2.24, 2.45) is 0 Å². The number of carbonyl (C=O) groups is 3. The summed E-state index contributed by atoms with van der Waals surface area (Å²) in [6.45, 7) is 7.09. The van der Waals surface area contributed by atoms with E-state index in [9.17, 15) is 27.6 Å². The predicted octanol–water partition coefficient (Wildman–Crippen LogP) is 6.15. The molecule has 2 aliphatic heterocycles. The largest absolute Gasteiger partial charge is 0.463 e. The summed E-state index contributed by atoms with van der Waals surface area (Å²) in [5, 5.41) is 6.22. The Balaban J connectivity index is 1.55. The SMILES string of the molecule is CCOC(=O)C1=C(CN2CCN(C(=O)Nc3ccc(C(F)(F)F)cc3)[C@@H](C)C2)N(CC)C(=O)N[C@@H]1c1ccc(Cl)cc1Cl. The Kier molecular flexibility index (Phi) is 10.1. The first-order valence-corrected chi connectivity index (χ1v) is 14.5. The van der Waals surface area contributed by atoms with E-state index in [4.69, 9.17) is 27.9 Å². The first kappa shape index (κ1) is 32.4. The van der Waals surface area contributed by atoms with Gasteiger partial charge in [-0.2, -0.15) is 13.2 Å². The molecule has 0 unspecified atom stereocenters. The summed E-state index contributed by atoms with van der Waals surface area (Å²) in [5.74, 6) is -0.588. The third-order valence-electron chi connectivity index (χ3n) is 7.33. The van der Waals surface area contributed by atoms with E-state index in [1.165, 1.54) is 23.1 Å². The average molecular weight is 643 g/mol. The number of halogens is 5. The Hall–Kier alpha value is -3.48. The van der Waals surface area contributed by atoms with Crippen molar-refractivity contribution < 1.29 is 32.3 Å². The maximum atomic E-state index is 13.4. The normalized spacial score (nSPS) is 19.8. The fourth-order valence-electron chi connectivity index (χ4n) is 5.25. The number of hydrogen-bond donors (Lipinski definition) is 2. The Morgan fingerprint density at radius 2 is 1.79 bits per heavy atom. The monoisotopic (exact) mass is 641 g/mol. The van der Waals surface area contributed by atoms with Gasteiger partial charge in [0, 0.05) is 60.2 Å². The molecule has 1 fully saturated rings. The smallest absolute Gasteiger partial charge is 0.416 e. The van der Waals surface area contributed by atoms with Crippen molar-refractivity contribution in [1.82, 2.24) is 20.0 Å². The van der Waals surface area contributed by atoms with Crippen LogP contribution in [0.2, 0.25) is 10.0 Å². The van der Waals surface area contributed by atoms with Crippen LogP contribution in [-0.4, -0.2) is 78.1 Å². The summed E-state index contributed by atoms with van der Waals surface area (Å²) < 4.78 is 44.0. The third kappa shape index (κ3) is 7.36. The Bertz CT molecular complexity index is 1400. The molecule has 43 heavy (non-hydrogen) atoms. The summed E-state index contributed by atoms with van der Waals surface area (Å²) in [5.41, 5.74) is 0.657. The molecule has 0 aliphatic carbocycles. The van der Waals surface area contributed by atoms with Gasteiger partial charge < -0.3 is 20.3 Å². The van der Waals surface area contributed by atoms with E-state index in [1.807, 2.05) is 11.8 Å². The van der Waals surface area contributed by atoms with E-state index < -0.39 is 35.8 Å². The molecule has 0 radical (unpaired) electrons. The number of piperazine rings is 1. The van der Waals surface area contributed by atoms with E-state index in [0.717, 1.165) is 12.1 Å². The molecule has 0 aromatic heterocycles. The van der Waals surface area contributed by atoms with Crippen molar-refractivity contribution in [3.63, 3.8) is 0 Å². The second-order valence-corrected chi connectivity index (χ2v) is 11.0. The van der Waals surface area contributed by atoms with Gasteiger partial charge in [0.25, 0.3) is 0 Å². The summed E-state index contributed by atoms with van der Waals surface area (Å²) in [6, 6.07) is 7.06. The number of esters is 1. The zero-order chi connectivity index (χ0) is 31.5. The Labute approximate surface area is 257 Å². The van der Waals surface area contributed by atoms with Crippen LogP contribution in [0.1, 0.15) is 37.9 Å². The molecule has 2 heterocycles. The maximum absolute atomic E-state index is 13.4. The molecule has 4 amide bonds. The van der Waals surface area contributed by atoms with Gasteiger partial charge in [0.1, 0.15) is 0 Å². The van der Waals surface area contributed by atoms with Gasteiger partial charge in [-0.1, -0.05) is 29.3 Å². The molecule has 2 aliphatic rings. The van der Waals surface area contributed by atoms with E-state index in [0.29, 0.717) is 35.9 Å². The van der Waals surface area contributed by atoms with Crippen LogP contribution in [0.4, 0.5) is 28.4 Å². The quantitative estimate of drug-likeness (QED) is 0.354. The highest BCUT2D eigenvalue weighted by molar-refractivity contribution is 6.35. The lowest BCUT2D eigenvalue weighted by Crippen LogP contribution is -2.57. The molecule has 2 aromatic rings. The van der Waals surface area contributed by atoms with E-state index in [-0.39, 0.29) is 42.0 Å². The number of anilines is 1. The number of amides is 4. The van der Waals surface area contributed by atoms with Crippen LogP contribution >= 0.6 is 23.2 Å². The van der Waals surface area contributed by atoms with Crippen LogP contribution in [0.15, 0.2) is 53.7 Å². The van der Waals surface area contributed by atoms with Crippen LogP contribution < -0.4 is 10.6 Å². The van der Waals surface area contributed by atoms with E-state index >= 15 is 0 Å². The van der Waals surface area contributed by atoms with Crippen molar-refractivity contribution >= 4 is 46.9 Å². The van der Waals surface area contributed by atoms with Crippen LogP contribution in [0, 0.1) is 0 Å². The minimum Gasteiger partial charge on any atom is -0.463 e.